The SMILES string of the molecule is CCOc1cc(C)c(-c2nc3ccccc3c(=O)n2N=Cc2cccc([N+](=O)[O-])c2OCc2ccccc2C#N)cc1C(C)C. The lowest BCUT2D eigenvalue weighted by atomic mass is 9.96. The number of nitriles is 1. The summed E-state index contributed by atoms with van der Waals surface area (Å²) in [5, 5.41) is 26.4. The molecule has 4 aromatic carbocycles. The second-order valence-corrected chi connectivity index (χ2v) is 10.6. The molecule has 0 spiro atoms. The molecule has 10 heteroatoms. The van der Waals surface area contributed by atoms with Gasteiger partial charge in [-0.2, -0.15) is 15.0 Å². The van der Waals surface area contributed by atoms with Crippen LogP contribution < -0.4 is 15.0 Å². The Morgan fingerprint density at radius 1 is 1.07 bits per heavy atom. The Bertz CT molecular complexity index is 2040. The van der Waals surface area contributed by atoms with E-state index in [4.69, 9.17) is 14.5 Å². The zero-order valence-electron chi connectivity index (χ0n) is 25.4. The van der Waals surface area contributed by atoms with Crippen molar-refractivity contribution in [2.24, 2.45) is 5.10 Å². The van der Waals surface area contributed by atoms with E-state index in [-0.39, 0.29) is 29.5 Å². The number of hydrogen-bond donors (Lipinski definition) is 0. The largest absolute Gasteiger partial charge is 0.494 e. The molecular weight excluding hydrogens is 570 g/mol. The van der Waals surface area contributed by atoms with Crippen LogP contribution in [-0.2, 0) is 6.61 Å². The highest BCUT2D eigenvalue weighted by molar-refractivity contribution is 5.86. The third-order valence-corrected chi connectivity index (χ3v) is 7.32. The molecule has 0 amide bonds. The first kappa shape index (κ1) is 30.6. The summed E-state index contributed by atoms with van der Waals surface area (Å²) in [6.07, 6.45) is 1.35. The maximum Gasteiger partial charge on any atom is 0.311 e. The molecule has 0 bridgehead atoms. The van der Waals surface area contributed by atoms with Crippen LogP contribution in [-0.4, -0.2) is 27.4 Å². The number of nitrogens with zero attached hydrogens (tertiary/aromatic N) is 5. The van der Waals surface area contributed by atoms with E-state index in [1.54, 1.807) is 48.5 Å². The van der Waals surface area contributed by atoms with Crippen molar-refractivity contribution < 1.29 is 14.4 Å². The molecule has 0 aliphatic carbocycles. The summed E-state index contributed by atoms with van der Waals surface area (Å²) >= 11 is 0. The molecule has 226 valence electrons. The van der Waals surface area contributed by atoms with E-state index >= 15 is 0 Å². The molecule has 0 atom stereocenters. The summed E-state index contributed by atoms with van der Waals surface area (Å²) in [6.45, 7) is 8.41. The van der Waals surface area contributed by atoms with Gasteiger partial charge in [-0.05, 0) is 67.3 Å². The summed E-state index contributed by atoms with van der Waals surface area (Å²) in [5.74, 6) is 1.17. The summed E-state index contributed by atoms with van der Waals surface area (Å²) in [4.78, 5) is 30.2. The Labute approximate surface area is 260 Å². The van der Waals surface area contributed by atoms with Crippen LogP contribution >= 0.6 is 0 Å². The summed E-state index contributed by atoms with van der Waals surface area (Å²) in [6, 6.07) is 24.4. The van der Waals surface area contributed by atoms with Crippen molar-refractivity contribution in [2.45, 2.75) is 40.2 Å². The molecular formula is C35H31N5O5. The zero-order valence-corrected chi connectivity index (χ0v) is 25.4. The minimum Gasteiger partial charge on any atom is -0.494 e. The van der Waals surface area contributed by atoms with Gasteiger partial charge in [-0.25, -0.2) is 4.98 Å². The van der Waals surface area contributed by atoms with Gasteiger partial charge in [0, 0.05) is 22.8 Å². The molecule has 1 heterocycles. The van der Waals surface area contributed by atoms with E-state index in [0.717, 1.165) is 16.9 Å². The molecule has 0 saturated heterocycles. The van der Waals surface area contributed by atoms with Gasteiger partial charge in [0.05, 0.1) is 40.3 Å². The second-order valence-electron chi connectivity index (χ2n) is 10.6. The first-order valence-electron chi connectivity index (χ1n) is 14.5. The number of benzene rings is 4. The Balaban J connectivity index is 1.67. The van der Waals surface area contributed by atoms with E-state index < -0.39 is 10.5 Å². The fourth-order valence-corrected chi connectivity index (χ4v) is 5.05. The third-order valence-electron chi connectivity index (χ3n) is 7.32. The predicted octanol–water partition coefficient (Wildman–Crippen LogP) is 7.14. The quantitative estimate of drug-likeness (QED) is 0.0944. The van der Waals surface area contributed by atoms with Gasteiger partial charge < -0.3 is 9.47 Å². The number of hydrogen-bond acceptors (Lipinski definition) is 8. The number of nitro benzene ring substituents is 1. The number of rotatable bonds is 10. The standard InChI is InChI=1S/C35H31N5O5/c1-5-44-32-17-23(4)29(18-28(32)22(2)3)34-38-30-15-9-8-14-27(30)35(41)39(34)37-20-25-13-10-16-31(40(42)43)33(25)45-21-26-12-7-6-11-24(26)19-36/h6-18,20,22H,5,21H2,1-4H3. The molecule has 0 saturated carbocycles. The predicted molar refractivity (Wildman–Crippen MR) is 173 cm³/mol. The molecule has 0 fully saturated rings. The van der Waals surface area contributed by atoms with Crippen LogP contribution in [0.1, 0.15) is 54.5 Å². The maximum absolute atomic E-state index is 13.9. The van der Waals surface area contributed by atoms with Gasteiger partial charge in [-0.1, -0.05) is 50.2 Å². The molecule has 0 aliphatic rings. The van der Waals surface area contributed by atoms with Crippen molar-refractivity contribution in [3.63, 3.8) is 0 Å². The smallest absolute Gasteiger partial charge is 0.311 e. The zero-order chi connectivity index (χ0) is 32.1. The first-order valence-corrected chi connectivity index (χ1v) is 14.5. The van der Waals surface area contributed by atoms with Gasteiger partial charge in [0.25, 0.3) is 5.56 Å². The van der Waals surface area contributed by atoms with Crippen molar-refractivity contribution in [3.8, 4) is 29.0 Å². The molecule has 0 N–H and O–H groups in total. The van der Waals surface area contributed by atoms with Crippen LogP contribution in [0.2, 0.25) is 0 Å². The first-order chi connectivity index (χ1) is 21.7. The lowest BCUT2D eigenvalue weighted by Crippen LogP contribution is -2.21. The van der Waals surface area contributed by atoms with Crippen LogP contribution in [0.4, 0.5) is 5.69 Å². The van der Waals surface area contributed by atoms with Gasteiger partial charge in [-0.15, -0.1) is 0 Å². The van der Waals surface area contributed by atoms with E-state index in [2.05, 4.69) is 25.0 Å². The molecule has 0 unspecified atom stereocenters. The lowest BCUT2D eigenvalue weighted by Gasteiger charge is -2.18. The normalized spacial score (nSPS) is 11.2. The van der Waals surface area contributed by atoms with Crippen molar-refractivity contribution in [3.05, 3.63) is 127 Å². The van der Waals surface area contributed by atoms with E-state index in [1.807, 2.05) is 32.0 Å². The fourth-order valence-electron chi connectivity index (χ4n) is 5.05. The highest BCUT2D eigenvalue weighted by atomic mass is 16.6. The Morgan fingerprint density at radius 2 is 1.82 bits per heavy atom. The number of aromatic nitrogens is 2. The second kappa shape index (κ2) is 13.2. The number of para-hydroxylation sites is 2. The number of fused-ring (bicyclic) bond motifs is 1. The fraction of sp³-hybridized carbons (Fsp3) is 0.200. The van der Waals surface area contributed by atoms with E-state index in [0.29, 0.717) is 40.0 Å². The Morgan fingerprint density at radius 3 is 2.56 bits per heavy atom. The third kappa shape index (κ3) is 6.28. The van der Waals surface area contributed by atoms with Gasteiger partial charge in [0.15, 0.2) is 5.82 Å². The highest BCUT2D eigenvalue weighted by Gasteiger charge is 2.21. The van der Waals surface area contributed by atoms with Crippen LogP contribution in [0, 0.1) is 28.4 Å². The molecule has 10 nitrogen and oxygen atoms in total. The van der Waals surface area contributed by atoms with Gasteiger partial charge >= 0.3 is 5.69 Å². The summed E-state index contributed by atoms with van der Waals surface area (Å²) < 4.78 is 13.1. The number of aryl methyl sites for hydroxylation is 1. The van der Waals surface area contributed by atoms with Gasteiger partial charge in [0.2, 0.25) is 5.75 Å². The average molecular weight is 602 g/mol. The molecule has 5 aromatic rings. The van der Waals surface area contributed by atoms with Crippen molar-refractivity contribution >= 4 is 22.8 Å². The van der Waals surface area contributed by atoms with Crippen molar-refractivity contribution in [2.75, 3.05) is 6.61 Å². The van der Waals surface area contributed by atoms with Crippen LogP contribution in [0.15, 0.2) is 88.8 Å². The number of nitro groups is 1. The van der Waals surface area contributed by atoms with Crippen molar-refractivity contribution in [1.82, 2.24) is 9.66 Å². The maximum atomic E-state index is 13.9. The Kier molecular flexibility index (Phi) is 9.00. The number of ether oxygens (including phenoxy) is 2. The Hall–Kier alpha value is -5.82. The highest BCUT2D eigenvalue weighted by Crippen LogP contribution is 2.35. The molecule has 5 rings (SSSR count). The topological polar surface area (TPSA) is 133 Å². The van der Waals surface area contributed by atoms with Gasteiger partial charge in [0.1, 0.15) is 12.4 Å². The van der Waals surface area contributed by atoms with Crippen molar-refractivity contribution in [1.29, 1.82) is 5.26 Å². The van der Waals surface area contributed by atoms with E-state index in [9.17, 15) is 20.2 Å². The molecule has 0 radical (unpaired) electrons. The van der Waals surface area contributed by atoms with Crippen LogP contribution in [0.3, 0.4) is 0 Å². The summed E-state index contributed by atoms with van der Waals surface area (Å²) in [5.41, 5.74) is 3.58. The van der Waals surface area contributed by atoms with Gasteiger partial charge in [-0.3, -0.25) is 14.9 Å². The average Bonchev–Trinajstić information content (AvgIpc) is 3.03. The minimum absolute atomic E-state index is 0.0401. The summed E-state index contributed by atoms with van der Waals surface area (Å²) in [7, 11) is 0. The molecule has 1 aromatic heterocycles. The van der Waals surface area contributed by atoms with Crippen LogP contribution in [0.5, 0.6) is 11.5 Å². The minimum atomic E-state index is -0.547. The molecule has 45 heavy (non-hydrogen) atoms. The van der Waals surface area contributed by atoms with E-state index in [1.165, 1.54) is 23.0 Å². The molecule has 0 aliphatic heterocycles. The lowest BCUT2D eigenvalue weighted by molar-refractivity contribution is -0.385. The monoisotopic (exact) mass is 601 g/mol. The van der Waals surface area contributed by atoms with Crippen LogP contribution in [0.25, 0.3) is 22.3 Å².